The third-order valence-electron chi connectivity index (χ3n) is 5.52. The summed E-state index contributed by atoms with van der Waals surface area (Å²) in [7, 11) is 0. The lowest BCUT2D eigenvalue weighted by atomic mass is 10.2. The first-order chi connectivity index (χ1) is 15.5. The number of aromatic nitrogens is 6. The molecule has 4 rings (SSSR count). The Balaban J connectivity index is 1.46. The predicted molar refractivity (Wildman–Crippen MR) is 124 cm³/mol. The molecule has 0 aliphatic heterocycles. The van der Waals surface area contributed by atoms with Crippen LogP contribution in [0.4, 0.5) is 0 Å². The maximum absolute atomic E-state index is 13.1. The molecule has 9 nitrogen and oxygen atoms in total. The van der Waals surface area contributed by atoms with Gasteiger partial charge in [0.15, 0.2) is 11.5 Å². The Hall–Kier alpha value is -3.01. The van der Waals surface area contributed by atoms with Crippen molar-refractivity contribution in [1.82, 2.24) is 29.2 Å². The van der Waals surface area contributed by atoms with Gasteiger partial charge < -0.3 is 9.51 Å². The van der Waals surface area contributed by atoms with Crippen LogP contribution in [0.15, 0.2) is 25.6 Å². The molecule has 0 aliphatic rings. The van der Waals surface area contributed by atoms with E-state index in [1.54, 1.807) is 22.8 Å². The highest BCUT2D eigenvalue weighted by atomic mass is 32.1. The fourth-order valence-electron chi connectivity index (χ4n) is 3.79. The second kappa shape index (κ2) is 9.64. The fourth-order valence-corrected chi connectivity index (χ4v) is 4.64. The molecule has 0 aliphatic carbocycles. The third-order valence-corrected chi connectivity index (χ3v) is 6.53. The van der Waals surface area contributed by atoms with Crippen LogP contribution in [0.25, 0.3) is 21.9 Å². The highest BCUT2D eigenvalue weighted by molar-refractivity contribution is 7.13. The van der Waals surface area contributed by atoms with E-state index in [2.05, 4.69) is 27.0 Å². The van der Waals surface area contributed by atoms with Crippen LogP contribution in [0.3, 0.4) is 0 Å². The van der Waals surface area contributed by atoms with Gasteiger partial charge in [-0.1, -0.05) is 24.9 Å². The molecule has 0 radical (unpaired) electrons. The number of H-pyrrole nitrogens is 1. The number of hydrogen-bond donors (Lipinski definition) is 1. The molecule has 0 unspecified atom stereocenters. The minimum absolute atomic E-state index is 0.292. The molecule has 1 N–H and O–H groups in total. The van der Waals surface area contributed by atoms with Gasteiger partial charge in [0.2, 0.25) is 0 Å². The largest absolute Gasteiger partial charge is 0.336 e. The molecule has 4 aromatic heterocycles. The first-order valence-corrected chi connectivity index (χ1v) is 11.9. The van der Waals surface area contributed by atoms with Gasteiger partial charge in [-0.25, -0.2) is 9.78 Å². The van der Waals surface area contributed by atoms with Crippen LogP contribution in [0.2, 0.25) is 0 Å². The summed E-state index contributed by atoms with van der Waals surface area (Å²) in [4.78, 5) is 38.9. The molecule has 0 saturated carbocycles. The van der Waals surface area contributed by atoms with Crippen LogP contribution in [-0.2, 0) is 19.5 Å². The molecule has 0 spiro atoms. The molecule has 0 amide bonds. The summed E-state index contributed by atoms with van der Waals surface area (Å²) >= 11 is 1.58. The van der Waals surface area contributed by atoms with E-state index in [1.807, 2.05) is 18.4 Å². The summed E-state index contributed by atoms with van der Waals surface area (Å²) < 4.78 is 8.34. The van der Waals surface area contributed by atoms with E-state index in [4.69, 9.17) is 4.52 Å². The maximum atomic E-state index is 13.1. The summed E-state index contributed by atoms with van der Waals surface area (Å²) in [5, 5.41) is 6.06. The van der Waals surface area contributed by atoms with E-state index in [1.165, 1.54) is 4.57 Å². The molecular weight excluding hydrogens is 428 g/mol. The Morgan fingerprint density at radius 2 is 1.84 bits per heavy atom. The van der Waals surface area contributed by atoms with Gasteiger partial charge in [0.1, 0.15) is 11.3 Å². The van der Waals surface area contributed by atoms with E-state index in [-0.39, 0.29) is 11.2 Å². The summed E-state index contributed by atoms with van der Waals surface area (Å²) in [6.07, 6.45) is 4.97. The molecule has 0 atom stereocenters. The molecule has 170 valence electrons. The topological polar surface area (TPSA) is 112 Å². The Kier molecular flexibility index (Phi) is 6.69. The van der Waals surface area contributed by atoms with Crippen molar-refractivity contribution in [2.24, 2.45) is 0 Å². The monoisotopic (exact) mass is 456 g/mol. The maximum Gasteiger partial charge on any atom is 0.332 e. The van der Waals surface area contributed by atoms with Crippen molar-refractivity contribution < 1.29 is 4.52 Å². The number of thiophene rings is 1. The van der Waals surface area contributed by atoms with Crippen LogP contribution in [-0.4, -0.2) is 29.2 Å². The van der Waals surface area contributed by atoms with E-state index >= 15 is 0 Å². The standard InChI is InChI=1S/C22H28N6O3S/c1-4-5-7-11-27-19-17(23-15(3)24-19)21(29)28(22(27)30)12-8-6-9-16-25-20(31-26-16)18-14(2)10-13-32-18/h10,13H,4-9,11-12H2,1-3H3,(H,23,24). The zero-order valence-electron chi connectivity index (χ0n) is 18.7. The number of nitrogens with zero attached hydrogens (tertiary/aromatic N) is 5. The molecule has 0 fully saturated rings. The summed E-state index contributed by atoms with van der Waals surface area (Å²) in [6.45, 7) is 6.82. The summed E-state index contributed by atoms with van der Waals surface area (Å²) in [5.41, 5.74) is 1.36. The number of unbranched alkanes of at least 4 members (excludes halogenated alkanes) is 3. The molecule has 0 bridgehead atoms. The second-order valence-corrected chi connectivity index (χ2v) is 8.94. The predicted octanol–water partition coefficient (Wildman–Crippen LogP) is 3.83. The van der Waals surface area contributed by atoms with Gasteiger partial charge >= 0.3 is 5.69 Å². The minimum Gasteiger partial charge on any atom is -0.336 e. The average molecular weight is 457 g/mol. The van der Waals surface area contributed by atoms with Gasteiger partial charge in [-0.15, -0.1) is 11.3 Å². The lowest BCUT2D eigenvalue weighted by Gasteiger charge is -2.11. The first kappa shape index (κ1) is 22.2. The van der Waals surface area contributed by atoms with Crippen molar-refractivity contribution in [3.8, 4) is 10.8 Å². The quantitative estimate of drug-likeness (QED) is 0.363. The zero-order valence-corrected chi connectivity index (χ0v) is 19.5. The number of aryl methyl sites for hydroxylation is 4. The summed E-state index contributed by atoms with van der Waals surface area (Å²) in [5.74, 6) is 1.81. The van der Waals surface area contributed by atoms with Crippen molar-refractivity contribution in [2.45, 2.75) is 72.4 Å². The van der Waals surface area contributed by atoms with Crippen molar-refractivity contribution in [3.63, 3.8) is 0 Å². The van der Waals surface area contributed by atoms with Gasteiger partial charge in [-0.05, 0) is 50.1 Å². The molecule has 4 heterocycles. The van der Waals surface area contributed by atoms with Crippen molar-refractivity contribution in [1.29, 1.82) is 0 Å². The van der Waals surface area contributed by atoms with E-state index in [9.17, 15) is 9.59 Å². The van der Waals surface area contributed by atoms with Gasteiger partial charge in [0, 0.05) is 19.5 Å². The lowest BCUT2D eigenvalue weighted by molar-refractivity contribution is 0.421. The molecular formula is C22H28N6O3S. The lowest BCUT2D eigenvalue weighted by Crippen LogP contribution is -2.40. The summed E-state index contributed by atoms with van der Waals surface area (Å²) in [6, 6.07) is 2.02. The van der Waals surface area contributed by atoms with Crippen LogP contribution < -0.4 is 11.2 Å². The molecule has 4 aromatic rings. The molecule has 32 heavy (non-hydrogen) atoms. The Morgan fingerprint density at radius 1 is 1.06 bits per heavy atom. The number of fused-ring (bicyclic) bond motifs is 1. The molecule has 10 heteroatoms. The Morgan fingerprint density at radius 3 is 2.59 bits per heavy atom. The van der Waals surface area contributed by atoms with Crippen LogP contribution in [0, 0.1) is 13.8 Å². The van der Waals surface area contributed by atoms with Crippen LogP contribution >= 0.6 is 11.3 Å². The zero-order chi connectivity index (χ0) is 22.7. The highest BCUT2D eigenvalue weighted by Crippen LogP contribution is 2.27. The van der Waals surface area contributed by atoms with Gasteiger partial charge in [0.25, 0.3) is 11.4 Å². The highest BCUT2D eigenvalue weighted by Gasteiger charge is 2.16. The molecule has 0 aromatic carbocycles. The van der Waals surface area contributed by atoms with Crippen molar-refractivity contribution in [3.05, 3.63) is 49.5 Å². The normalized spacial score (nSPS) is 11.6. The van der Waals surface area contributed by atoms with Gasteiger partial charge in [0.05, 0.1) is 4.88 Å². The van der Waals surface area contributed by atoms with Crippen molar-refractivity contribution in [2.75, 3.05) is 0 Å². The second-order valence-electron chi connectivity index (χ2n) is 8.02. The van der Waals surface area contributed by atoms with E-state index < -0.39 is 0 Å². The number of hydrogen-bond acceptors (Lipinski definition) is 7. The van der Waals surface area contributed by atoms with Crippen LogP contribution in [0.5, 0.6) is 0 Å². The number of imidazole rings is 1. The Labute approximate surface area is 189 Å². The molecule has 0 saturated heterocycles. The SMILES string of the molecule is CCCCCn1c(=O)n(CCCCc2noc(-c3sccc3C)n2)c(=O)c2[nH]c(C)nc21. The number of rotatable bonds is 10. The fraction of sp³-hybridized carbons (Fsp3) is 0.500. The van der Waals surface area contributed by atoms with Gasteiger partial charge in [-0.2, -0.15) is 4.98 Å². The Bertz CT molecular complexity index is 1330. The van der Waals surface area contributed by atoms with Crippen molar-refractivity contribution >= 4 is 22.5 Å². The van der Waals surface area contributed by atoms with Gasteiger partial charge in [-0.3, -0.25) is 13.9 Å². The third kappa shape index (κ3) is 4.45. The van der Waals surface area contributed by atoms with E-state index in [0.717, 1.165) is 36.1 Å². The minimum atomic E-state index is -0.313. The van der Waals surface area contributed by atoms with E-state index in [0.29, 0.717) is 54.6 Å². The van der Waals surface area contributed by atoms with Crippen LogP contribution in [0.1, 0.15) is 56.2 Å². The average Bonchev–Trinajstić information content (AvgIpc) is 3.49. The first-order valence-electron chi connectivity index (χ1n) is 11.1. The smallest absolute Gasteiger partial charge is 0.332 e. The number of nitrogens with one attached hydrogen (secondary N) is 1. The number of aromatic amines is 1.